The molecule has 0 fully saturated rings. The predicted molar refractivity (Wildman–Crippen MR) is 93.4 cm³/mol. The van der Waals surface area contributed by atoms with Gasteiger partial charge in [0.15, 0.2) is 34.6 Å². The molecule has 0 bridgehead atoms. The highest BCUT2D eigenvalue weighted by Gasteiger charge is 2.39. The van der Waals surface area contributed by atoms with Gasteiger partial charge >= 0.3 is 6.01 Å². The summed E-state index contributed by atoms with van der Waals surface area (Å²) >= 11 is 0. The second-order valence-electron chi connectivity index (χ2n) is 5.89. The van der Waals surface area contributed by atoms with Gasteiger partial charge in [-0.2, -0.15) is 4.98 Å². The van der Waals surface area contributed by atoms with Crippen molar-refractivity contribution in [2.75, 3.05) is 12.3 Å². The van der Waals surface area contributed by atoms with Crippen LogP contribution in [0.3, 0.4) is 0 Å². The summed E-state index contributed by atoms with van der Waals surface area (Å²) in [5.41, 5.74) is 7.31. The number of hydrogen-bond donors (Lipinski definition) is 4. The molecule has 4 rings (SSSR count). The first-order valence-electron chi connectivity index (χ1n) is 8.13. The number of aromatic nitrogens is 4. The van der Waals surface area contributed by atoms with E-state index in [4.69, 9.17) is 15.2 Å². The summed E-state index contributed by atoms with van der Waals surface area (Å²) in [6.45, 7) is -0.365. The maximum Gasteiger partial charge on any atom is 0.302 e. The minimum atomic E-state index is -1.43. The van der Waals surface area contributed by atoms with Crippen LogP contribution in [0.4, 0.5) is 5.82 Å². The maximum atomic E-state index is 10.3. The van der Waals surface area contributed by atoms with Gasteiger partial charge in [0.2, 0.25) is 6.23 Å². The number of fused-ring (bicyclic) bond motifs is 1. The summed E-state index contributed by atoms with van der Waals surface area (Å²) < 4.78 is 12.7. The monoisotopic (exact) mass is 371 g/mol. The third-order valence-corrected chi connectivity index (χ3v) is 4.18. The molecule has 0 radical (unpaired) electrons. The fourth-order valence-corrected chi connectivity index (χ4v) is 2.84. The molecule has 1 aliphatic rings. The molecular weight excluding hydrogens is 354 g/mol. The van der Waals surface area contributed by atoms with E-state index in [1.807, 2.05) is 30.3 Å². The number of nitrogens with two attached hydrogens (primary N) is 1. The molecule has 0 amide bonds. The molecule has 140 valence electrons. The van der Waals surface area contributed by atoms with Crippen LogP contribution in [0.15, 0.2) is 48.2 Å². The van der Waals surface area contributed by atoms with Crippen molar-refractivity contribution in [2.45, 2.75) is 18.9 Å². The lowest BCUT2D eigenvalue weighted by atomic mass is 10.2. The summed E-state index contributed by atoms with van der Waals surface area (Å²) in [5.74, 6) is -0.457. The number of aliphatic hydroxyl groups is 3. The van der Waals surface area contributed by atoms with Crippen LogP contribution in [0.1, 0.15) is 11.8 Å². The Morgan fingerprint density at radius 3 is 2.70 bits per heavy atom. The highest BCUT2D eigenvalue weighted by atomic mass is 16.6. The molecule has 3 heterocycles. The van der Waals surface area contributed by atoms with Gasteiger partial charge in [-0.05, 0) is 5.56 Å². The third kappa shape index (κ3) is 2.90. The van der Waals surface area contributed by atoms with Crippen molar-refractivity contribution in [3.05, 3.63) is 53.7 Å². The zero-order valence-electron chi connectivity index (χ0n) is 14.1. The third-order valence-electron chi connectivity index (χ3n) is 4.18. The standard InChI is InChI=1S/C17H17N5O5/c18-14-11-15(20-8-19-14)22(16-13(25)12(24)10(6-23)27-16)17(21-11)26-7-9-4-2-1-3-5-9/h1-5,8,13,16,23-25H,6-7H2,(H2,18,19,20). The van der Waals surface area contributed by atoms with Crippen LogP contribution in [0.5, 0.6) is 6.01 Å². The molecule has 27 heavy (non-hydrogen) atoms. The van der Waals surface area contributed by atoms with Gasteiger partial charge < -0.3 is 30.5 Å². The first-order chi connectivity index (χ1) is 13.1. The van der Waals surface area contributed by atoms with E-state index in [2.05, 4.69) is 15.0 Å². The van der Waals surface area contributed by atoms with Crippen LogP contribution >= 0.6 is 0 Å². The Morgan fingerprint density at radius 2 is 2.00 bits per heavy atom. The minimum absolute atomic E-state index is 0.0806. The van der Waals surface area contributed by atoms with Crippen LogP contribution in [-0.4, -0.2) is 47.5 Å². The van der Waals surface area contributed by atoms with Gasteiger partial charge in [-0.3, -0.25) is 0 Å². The molecule has 5 N–H and O–H groups in total. The first kappa shape index (κ1) is 17.1. The fourth-order valence-electron chi connectivity index (χ4n) is 2.84. The Hall–Kier alpha value is -3.37. The van der Waals surface area contributed by atoms with Crippen molar-refractivity contribution < 1.29 is 24.8 Å². The molecule has 10 heteroatoms. The van der Waals surface area contributed by atoms with Crippen LogP contribution in [0, 0.1) is 0 Å². The number of benzene rings is 1. The molecule has 0 saturated heterocycles. The normalized spacial score (nSPS) is 19.5. The lowest BCUT2D eigenvalue weighted by molar-refractivity contribution is -0.0172. The van der Waals surface area contributed by atoms with E-state index in [1.54, 1.807) is 0 Å². The Labute approximate surface area is 153 Å². The molecule has 10 nitrogen and oxygen atoms in total. The summed E-state index contributed by atoms with van der Waals surface area (Å²) in [7, 11) is 0. The number of nitrogens with zero attached hydrogens (tertiary/aromatic N) is 4. The highest BCUT2D eigenvalue weighted by molar-refractivity contribution is 5.82. The van der Waals surface area contributed by atoms with Gasteiger partial charge in [0.1, 0.15) is 19.5 Å². The van der Waals surface area contributed by atoms with E-state index >= 15 is 0 Å². The van der Waals surface area contributed by atoms with Crippen molar-refractivity contribution in [2.24, 2.45) is 0 Å². The van der Waals surface area contributed by atoms with Crippen LogP contribution in [0.2, 0.25) is 0 Å². The molecule has 3 aromatic rings. The minimum Gasteiger partial charge on any atom is -0.506 e. The SMILES string of the molecule is Nc1ncnc2c1nc(OCc1ccccc1)n2C1OC(CO)=C(O)C1O. The molecule has 0 saturated carbocycles. The van der Waals surface area contributed by atoms with Crippen molar-refractivity contribution in [1.29, 1.82) is 0 Å². The van der Waals surface area contributed by atoms with Gasteiger partial charge in [0.25, 0.3) is 0 Å². The first-order valence-corrected chi connectivity index (χ1v) is 8.13. The van der Waals surface area contributed by atoms with Crippen molar-refractivity contribution in [3.63, 3.8) is 0 Å². The Kier molecular flexibility index (Phi) is 4.26. The Morgan fingerprint density at radius 1 is 1.22 bits per heavy atom. The van der Waals surface area contributed by atoms with E-state index in [-0.39, 0.29) is 35.4 Å². The summed E-state index contributed by atoms with van der Waals surface area (Å²) in [6.07, 6.45) is -1.31. The average Bonchev–Trinajstić information content (AvgIpc) is 3.19. The summed E-state index contributed by atoms with van der Waals surface area (Å²) in [6, 6.07) is 9.51. The van der Waals surface area contributed by atoms with E-state index < -0.39 is 24.7 Å². The fraction of sp³-hybridized carbons (Fsp3) is 0.235. The number of anilines is 1. The van der Waals surface area contributed by atoms with Crippen LogP contribution < -0.4 is 10.5 Å². The zero-order chi connectivity index (χ0) is 19.0. The molecule has 2 aromatic heterocycles. The number of rotatable bonds is 5. The van der Waals surface area contributed by atoms with Crippen molar-refractivity contribution in [3.8, 4) is 6.01 Å². The topological polar surface area (TPSA) is 149 Å². The number of aliphatic hydroxyl groups excluding tert-OH is 3. The summed E-state index contributed by atoms with van der Waals surface area (Å²) in [4.78, 5) is 12.4. The summed E-state index contributed by atoms with van der Waals surface area (Å²) in [5, 5.41) is 29.6. The smallest absolute Gasteiger partial charge is 0.302 e. The number of nitrogen functional groups attached to an aromatic ring is 1. The van der Waals surface area contributed by atoms with Crippen LogP contribution in [0.25, 0.3) is 11.2 Å². The predicted octanol–water partition coefficient (Wildman–Crippen LogP) is 0.639. The molecule has 0 aliphatic carbocycles. The van der Waals surface area contributed by atoms with E-state index in [0.717, 1.165) is 5.56 Å². The van der Waals surface area contributed by atoms with Gasteiger partial charge in [0.05, 0.1) is 0 Å². The Bertz CT molecular complexity index is 1000. The van der Waals surface area contributed by atoms with Gasteiger partial charge in [-0.1, -0.05) is 30.3 Å². The average molecular weight is 371 g/mol. The van der Waals surface area contributed by atoms with E-state index in [9.17, 15) is 15.3 Å². The number of ether oxygens (including phenoxy) is 2. The molecule has 1 aromatic carbocycles. The van der Waals surface area contributed by atoms with Gasteiger partial charge in [-0.15, -0.1) is 0 Å². The lowest BCUT2D eigenvalue weighted by Crippen LogP contribution is -2.23. The van der Waals surface area contributed by atoms with Crippen molar-refractivity contribution >= 4 is 17.0 Å². The second kappa shape index (κ2) is 6.74. The van der Waals surface area contributed by atoms with E-state index in [0.29, 0.717) is 0 Å². The second-order valence-corrected chi connectivity index (χ2v) is 5.89. The zero-order valence-corrected chi connectivity index (χ0v) is 14.1. The molecule has 1 aliphatic heterocycles. The maximum absolute atomic E-state index is 10.3. The molecule has 2 unspecified atom stereocenters. The molecule has 0 spiro atoms. The highest BCUT2D eigenvalue weighted by Crippen LogP contribution is 2.37. The van der Waals surface area contributed by atoms with Crippen LogP contribution in [-0.2, 0) is 11.3 Å². The van der Waals surface area contributed by atoms with Gasteiger partial charge in [-0.25, -0.2) is 14.5 Å². The quantitative estimate of drug-likeness (QED) is 0.507. The van der Waals surface area contributed by atoms with Gasteiger partial charge in [0, 0.05) is 0 Å². The number of imidazole rings is 1. The largest absolute Gasteiger partial charge is 0.506 e. The van der Waals surface area contributed by atoms with Crippen molar-refractivity contribution in [1.82, 2.24) is 19.5 Å². The van der Waals surface area contributed by atoms with E-state index in [1.165, 1.54) is 10.9 Å². The lowest BCUT2D eigenvalue weighted by Gasteiger charge is -2.19. The molecular formula is C17H17N5O5. The Balaban J connectivity index is 1.75. The number of hydrogen-bond acceptors (Lipinski definition) is 9. The molecule has 2 atom stereocenters.